The van der Waals surface area contributed by atoms with Crippen molar-refractivity contribution < 1.29 is 19.7 Å². The molecule has 22 heavy (non-hydrogen) atoms. The number of hydrogen-bond donors (Lipinski definition) is 2. The van der Waals surface area contributed by atoms with E-state index < -0.39 is 11.6 Å². The Hall–Kier alpha value is -2.17. The Morgan fingerprint density at radius 2 is 1.91 bits per heavy atom. The molecule has 1 aliphatic carbocycles. The van der Waals surface area contributed by atoms with Crippen LogP contribution in [0.1, 0.15) is 27.9 Å². The summed E-state index contributed by atoms with van der Waals surface area (Å²) in [5.74, 6) is 0.142. The van der Waals surface area contributed by atoms with Gasteiger partial charge in [0.25, 0.3) is 0 Å². The molecule has 3 rings (SSSR count). The Bertz CT molecular complexity index is 681. The van der Waals surface area contributed by atoms with Gasteiger partial charge in [-0.1, -0.05) is 30.3 Å². The van der Waals surface area contributed by atoms with Crippen LogP contribution in [0.2, 0.25) is 0 Å². The maximum absolute atomic E-state index is 12.2. The molecule has 0 heterocycles. The molecule has 0 saturated carbocycles. The van der Waals surface area contributed by atoms with E-state index in [0.29, 0.717) is 30.6 Å². The molecule has 0 spiro atoms. The fourth-order valence-electron chi connectivity index (χ4n) is 2.82. The van der Waals surface area contributed by atoms with Gasteiger partial charge in [-0.25, -0.2) is 4.79 Å². The zero-order valence-corrected chi connectivity index (χ0v) is 12.2. The molecule has 0 bridgehead atoms. The van der Waals surface area contributed by atoms with E-state index in [9.17, 15) is 15.0 Å². The van der Waals surface area contributed by atoms with Crippen molar-refractivity contribution in [2.45, 2.75) is 24.9 Å². The second kappa shape index (κ2) is 5.91. The van der Waals surface area contributed by atoms with Crippen molar-refractivity contribution in [2.24, 2.45) is 0 Å². The third kappa shape index (κ3) is 2.89. The fraction of sp³-hybridized carbons (Fsp3) is 0.278. The Balaban J connectivity index is 1.85. The summed E-state index contributed by atoms with van der Waals surface area (Å²) in [6, 6.07) is 14.3. The van der Waals surface area contributed by atoms with Crippen LogP contribution >= 0.6 is 0 Å². The molecule has 1 unspecified atom stereocenters. The lowest BCUT2D eigenvalue weighted by Gasteiger charge is -2.32. The smallest absolute Gasteiger partial charge is 0.343 e. The minimum Gasteiger partial charge on any atom is -0.423 e. The number of hydrogen-bond acceptors (Lipinski definition) is 4. The summed E-state index contributed by atoms with van der Waals surface area (Å²) in [6.45, 7) is -0.263. The highest BCUT2D eigenvalue weighted by Crippen LogP contribution is 2.34. The summed E-state index contributed by atoms with van der Waals surface area (Å²) in [5.41, 5.74) is 1.28. The lowest BCUT2D eigenvalue weighted by Crippen LogP contribution is -2.39. The van der Waals surface area contributed by atoms with Crippen molar-refractivity contribution in [1.29, 1.82) is 0 Å². The summed E-state index contributed by atoms with van der Waals surface area (Å²) < 4.78 is 5.52. The first kappa shape index (κ1) is 14.8. The van der Waals surface area contributed by atoms with Gasteiger partial charge in [0, 0.05) is 6.42 Å². The molecule has 114 valence electrons. The summed E-state index contributed by atoms with van der Waals surface area (Å²) in [5, 5.41) is 19.5. The van der Waals surface area contributed by atoms with Crippen LogP contribution in [0.15, 0.2) is 48.5 Å². The Kier molecular flexibility index (Phi) is 3.96. The summed E-state index contributed by atoms with van der Waals surface area (Å²) in [7, 11) is 0. The van der Waals surface area contributed by atoms with E-state index in [1.165, 1.54) is 0 Å². The quantitative estimate of drug-likeness (QED) is 0.673. The lowest BCUT2D eigenvalue weighted by molar-refractivity contribution is -0.0249. The van der Waals surface area contributed by atoms with Crippen LogP contribution in [-0.2, 0) is 12.8 Å². The number of aliphatic hydroxyl groups excluding tert-OH is 1. The van der Waals surface area contributed by atoms with E-state index in [-0.39, 0.29) is 6.61 Å². The van der Waals surface area contributed by atoms with Gasteiger partial charge < -0.3 is 14.9 Å². The van der Waals surface area contributed by atoms with E-state index >= 15 is 0 Å². The average Bonchev–Trinajstić information content (AvgIpc) is 2.55. The molecule has 1 aliphatic rings. The third-order valence-electron chi connectivity index (χ3n) is 4.10. The summed E-state index contributed by atoms with van der Waals surface area (Å²) in [6.07, 6.45) is 1.40. The second-order valence-corrected chi connectivity index (χ2v) is 5.71. The number of esters is 1. The van der Waals surface area contributed by atoms with Gasteiger partial charge in [0.15, 0.2) is 0 Å². The number of carbonyl (C=O) groups excluding carboxylic acids is 1. The van der Waals surface area contributed by atoms with Crippen molar-refractivity contribution in [2.75, 3.05) is 6.61 Å². The van der Waals surface area contributed by atoms with Crippen LogP contribution in [0.3, 0.4) is 0 Å². The number of rotatable bonds is 3. The van der Waals surface area contributed by atoms with E-state index in [1.54, 1.807) is 36.4 Å². The second-order valence-electron chi connectivity index (χ2n) is 5.71. The van der Waals surface area contributed by atoms with Gasteiger partial charge in [0.2, 0.25) is 0 Å². The molecular formula is C18H18O4. The van der Waals surface area contributed by atoms with Crippen molar-refractivity contribution in [3.63, 3.8) is 0 Å². The van der Waals surface area contributed by atoms with E-state index in [1.807, 2.05) is 12.1 Å². The maximum atomic E-state index is 12.2. The molecule has 0 radical (unpaired) electrons. The van der Waals surface area contributed by atoms with Gasteiger partial charge in [-0.05, 0) is 42.2 Å². The molecule has 4 nitrogen and oxygen atoms in total. The van der Waals surface area contributed by atoms with Crippen LogP contribution in [0, 0.1) is 0 Å². The molecule has 0 aromatic heterocycles. The molecule has 4 heteroatoms. The van der Waals surface area contributed by atoms with Crippen LogP contribution in [0.4, 0.5) is 0 Å². The van der Waals surface area contributed by atoms with Crippen LogP contribution in [0.5, 0.6) is 5.75 Å². The first-order valence-corrected chi connectivity index (χ1v) is 7.32. The molecule has 0 saturated heterocycles. The van der Waals surface area contributed by atoms with Crippen molar-refractivity contribution in [3.05, 3.63) is 65.2 Å². The molecule has 0 aliphatic heterocycles. The first-order valence-electron chi connectivity index (χ1n) is 7.32. The van der Waals surface area contributed by atoms with Crippen LogP contribution < -0.4 is 4.74 Å². The van der Waals surface area contributed by atoms with Crippen molar-refractivity contribution in [3.8, 4) is 5.75 Å². The molecule has 2 aromatic carbocycles. The number of carbonyl (C=O) groups is 1. The van der Waals surface area contributed by atoms with Gasteiger partial charge in [-0.2, -0.15) is 0 Å². The van der Waals surface area contributed by atoms with Gasteiger partial charge >= 0.3 is 5.97 Å². The number of aliphatic hydroxyl groups is 2. The Morgan fingerprint density at radius 3 is 2.64 bits per heavy atom. The SMILES string of the molecule is O=C(Oc1cccc2c1CCC(O)(CO)C2)c1ccccc1. The third-order valence-corrected chi connectivity index (χ3v) is 4.10. The Labute approximate surface area is 129 Å². The Morgan fingerprint density at radius 1 is 1.14 bits per heavy atom. The van der Waals surface area contributed by atoms with Gasteiger partial charge in [0.1, 0.15) is 5.75 Å². The van der Waals surface area contributed by atoms with E-state index in [0.717, 1.165) is 11.1 Å². The monoisotopic (exact) mass is 298 g/mol. The van der Waals surface area contributed by atoms with Gasteiger partial charge in [-0.15, -0.1) is 0 Å². The molecule has 2 N–H and O–H groups in total. The zero-order chi connectivity index (χ0) is 15.6. The molecule has 0 fully saturated rings. The van der Waals surface area contributed by atoms with Crippen LogP contribution in [-0.4, -0.2) is 28.4 Å². The summed E-state index contributed by atoms with van der Waals surface area (Å²) >= 11 is 0. The minimum absolute atomic E-state index is 0.263. The van der Waals surface area contributed by atoms with E-state index in [2.05, 4.69) is 0 Å². The fourth-order valence-corrected chi connectivity index (χ4v) is 2.82. The highest BCUT2D eigenvalue weighted by Gasteiger charge is 2.32. The minimum atomic E-state index is -1.07. The predicted molar refractivity (Wildman–Crippen MR) is 81.9 cm³/mol. The predicted octanol–water partition coefficient (Wildman–Crippen LogP) is 2.12. The van der Waals surface area contributed by atoms with Gasteiger partial charge in [-0.3, -0.25) is 0 Å². The van der Waals surface area contributed by atoms with Gasteiger partial charge in [0.05, 0.1) is 17.8 Å². The molecule has 2 aromatic rings. The normalized spacial score (nSPS) is 20.3. The van der Waals surface area contributed by atoms with Crippen molar-refractivity contribution >= 4 is 5.97 Å². The highest BCUT2D eigenvalue weighted by molar-refractivity contribution is 5.91. The molecular weight excluding hydrogens is 280 g/mol. The highest BCUT2D eigenvalue weighted by atomic mass is 16.5. The average molecular weight is 298 g/mol. The maximum Gasteiger partial charge on any atom is 0.343 e. The van der Waals surface area contributed by atoms with E-state index in [4.69, 9.17) is 4.74 Å². The largest absolute Gasteiger partial charge is 0.423 e. The topological polar surface area (TPSA) is 66.8 Å². The number of ether oxygens (including phenoxy) is 1. The molecule has 1 atom stereocenters. The van der Waals surface area contributed by atoms with Crippen molar-refractivity contribution in [1.82, 2.24) is 0 Å². The number of fused-ring (bicyclic) bond motifs is 1. The van der Waals surface area contributed by atoms with Crippen LogP contribution in [0.25, 0.3) is 0 Å². The first-order chi connectivity index (χ1) is 10.6. The standard InChI is InChI=1S/C18H18O4/c19-12-18(21)10-9-15-14(11-18)7-4-8-16(15)22-17(20)13-5-2-1-3-6-13/h1-8,19,21H,9-12H2. The zero-order valence-electron chi connectivity index (χ0n) is 12.2. The molecule has 0 amide bonds. The summed E-state index contributed by atoms with van der Waals surface area (Å²) in [4.78, 5) is 12.2. The number of benzene rings is 2. The lowest BCUT2D eigenvalue weighted by atomic mass is 9.80.